The van der Waals surface area contributed by atoms with Gasteiger partial charge in [0.05, 0.1) is 10.7 Å². The number of primary amides is 1. The fourth-order valence-electron chi connectivity index (χ4n) is 1.12. The van der Waals surface area contributed by atoms with Crippen LogP contribution in [0.4, 0.5) is 23.9 Å². The van der Waals surface area contributed by atoms with Crippen LogP contribution in [0.2, 0.25) is 0 Å². The first-order valence-corrected chi connectivity index (χ1v) is 4.99. The number of carbonyl (C=O) groups excluding carboxylic acids is 1. The molecule has 1 aromatic heterocycles. The van der Waals surface area contributed by atoms with Crippen molar-refractivity contribution in [3.05, 3.63) is 10.9 Å². The second kappa shape index (κ2) is 4.20. The topological polar surface area (TPSA) is 72.3 Å². The number of halogens is 3. The first-order chi connectivity index (χ1) is 7.20. The molecule has 1 aromatic rings. The summed E-state index contributed by atoms with van der Waals surface area (Å²) in [5.41, 5.74) is 10.6. The van der Waals surface area contributed by atoms with E-state index >= 15 is 0 Å². The number of nitrogens with two attached hydrogens (primary N) is 2. The molecule has 16 heavy (non-hydrogen) atoms. The largest absolute Gasteiger partial charge is 0.405 e. The summed E-state index contributed by atoms with van der Waals surface area (Å²) >= 11 is 0.843. The van der Waals surface area contributed by atoms with Crippen LogP contribution in [0.25, 0.3) is 0 Å². The first-order valence-electron chi connectivity index (χ1n) is 4.17. The van der Waals surface area contributed by atoms with Gasteiger partial charge < -0.3 is 16.4 Å². The minimum Gasteiger partial charge on any atom is -0.397 e. The molecule has 0 aliphatic heterocycles. The summed E-state index contributed by atoms with van der Waals surface area (Å²) in [4.78, 5) is 11.9. The lowest BCUT2D eigenvalue weighted by atomic mass is 10.4. The molecule has 0 fully saturated rings. The Bertz CT molecular complexity index is 402. The van der Waals surface area contributed by atoms with Gasteiger partial charge in [-0.2, -0.15) is 13.2 Å². The summed E-state index contributed by atoms with van der Waals surface area (Å²) in [6.45, 7) is -1.11. The number of anilines is 2. The molecule has 0 aliphatic rings. The average molecular weight is 253 g/mol. The molecule has 0 aromatic carbocycles. The minimum absolute atomic E-state index is 0.0732. The predicted molar refractivity (Wildman–Crippen MR) is 56.6 cm³/mol. The summed E-state index contributed by atoms with van der Waals surface area (Å²) in [5, 5.41) is 0.253. The molecule has 1 rings (SSSR count). The zero-order chi connectivity index (χ0) is 12.5. The number of nitrogens with zero attached hydrogens (tertiary/aromatic N) is 1. The summed E-state index contributed by atoms with van der Waals surface area (Å²) in [5.74, 6) is -0.742. The predicted octanol–water partition coefficient (Wildman–Crippen LogP) is 1.43. The van der Waals surface area contributed by atoms with Gasteiger partial charge in [-0.15, -0.1) is 11.3 Å². The van der Waals surface area contributed by atoms with Crippen molar-refractivity contribution in [1.82, 2.24) is 0 Å². The normalized spacial score (nSPS) is 11.5. The van der Waals surface area contributed by atoms with Gasteiger partial charge in [0.2, 0.25) is 0 Å². The SMILES string of the molecule is CN(CC(F)(F)F)c1cc(N)c(C(N)=O)s1. The summed E-state index contributed by atoms with van der Waals surface area (Å²) < 4.78 is 36.3. The molecule has 4 N–H and O–H groups in total. The quantitative estimate of drug-likeness (QED) is 0.855. The maximum atomic E-state index is 12.1. The van der Waals surface area contributed by atoms with Gasteiger partial charge in [-0.1, -0.05) is 0 Å². The van der Waals surface area contributed by atoms with Crippen LogP contribution in [0, 0.1) is 0 Å². The second-order valence-corrected chi connectivity index (χ2v) is 4.24. The highest BCUT2D eigenvalue weighted by Gasteiger charge is 2.30. The van der Waals surface area contributed by atoms with Crippen LogP contribution in [0.1, 0.15) is 9.67 Å². The van der Waals surface area contributed by atoms with Crippen LogP contribution in [-0.2, 0) is 0 Å². The Kier molecular flexibility index (Phi) is 3.32. The molecular weight excluding hydrogens is 243 g/mol. The highest BCUT2D eigenvalue weighted by Crippen LogP contribution is 2.32. The third-order valence-electron chi connectivity index (χ3n) is 1.76. The Hall–Kier alpha value is -1.44. The number of carbonyl (C=O) groups is 1. The van der Waals surface area contributed by atoms with Gasteiger partial charge in [0.25, 0.3) is 5.91 Å². The standard InChI is InChI=1S/C8H10F3N3OS/c1-14(3-8(9,10)11)5-2-4(12)6(16-5)7(13)15/h2H,3,12H2,1H3,(H2,13,15). The molecule has 4 nitrogen and oxygen atoms in total. The van der Waals surface area contributed by atoms with E-state index in [1.165, 1.54) is 13.1 Å². The van der Waals surface area contributed by atoms with Crippen molar-refractivity contribution in [1.29, 1.82) is 0 Å². The van der Waals surface area contributed by atoms with E-state index in [9.17, 15) is 18.0 Å². The van der Waals surface area contributed by atoms with Crippen LogP contribution in [-0.4, -0.2) is 25.7 Å². The van der Waals surface area contributed by atoms with Gasteiger partial charge in [0, 0.05) is 7.05 Å². The summed E-state index contributed by atoms with van der Waals surface area (Å²) in [6.07, 6.45) is -4.31. The van der Waals surface area contributed by atoms with E-state index in [0.717, 1.165) is 16.2 Å². The lowest BCUT2D eigenvalue weighted by molar-refractivity contribution is -0.119. The molecule has 0 unspecified atom stereocenters. The highest BCUT2D eigenvalue weighted by atomic mass is 32.1. The van der Waals surface area contributed by atoms with E-state index in [4.69, 9.17) is 11.5 Å². The molecule has 0 saturated carbocycles. The van der Waals surface area contributed by atoms with Gasteiger partial charge in [0.15, 0.2) is 0 Å². The monoisotopic (exact) mass is 253 g/mol. The second-order valence-electron chi connectivity index (χ2n) is 3.20. The molecule has 0 bridgehead atoms. The van der Waals surface area contributed by atoms with Crippen LogP contribution < -0.4 is 16.4 Å². The maximum Gasteiger partial charge on any atom is 0.405 e. The van der Waals surface area contributed by atoms with Gasteiger partial charge in [-0.25, -0.2) is 0 Å². The molecule has 0 saturated heterocycles. The van der Waals surface area contributed by atoms with Crippen LogP contribution in [0.5, 0.6) is 0 Å². The number of hydrogen-bond donors (Lipinski definition) is 2. The third-order valence-corrected chi connectivity index (χ3v) is 3.04. The van der Waals surface area contributed by atoms with E-state index < -0.39 is 18.6 Å². The fraction of sp³-hybridized carbons (Fsp3) is 0.375. The number of amides is 1. The van der Waals surface area contributed by atoms with Gasteiger partial charge in [0.1, 0.15) is 11.4 Å². The fourth-order valence-corrected chi connectivity index (χ4v) is 2.01. The van der Waals surface area contributed by atoms with E-state index in [1.807, 2.05) is 0 Å². The number of alkyl halides is 3. The number of hydrogen-bond acceptors (Lipinski definition) is 4. The minimum atomic E-state index is -4.31. The third kappa shape index (κ3) is 3.02. The number of thiophene rings is 1. The number of nitrogen functional groups attached to an aromatic ring is 1. The van der Waals surface area contributed by atoms with E-state index in [2.05, 4.69) is 0 Å². The first kappa shape index (κ1) is 12.6. The molecule has 0 spiro atoms. The molecule has 8 heteroatoms. The Balaban J connectivity index is 2.89. The Labute approximate surface area is 93.6 Å². The molecule has 0 radical (unpaired) electrons. The average Bonchev–Trinajstić information content (AvgIpc) is 2.44. The van der Waals surface area contributed by atoms with Gasteiger partial charge in [-0.3, -0.25) is 4.79 Å². The molecule has 1 amide bonds. The van der Waals surface area contributed by atoms with Crippen molar-refractivity contribution in [2.45, 2.75) is 6.18 Å². The van der Waals surface area contributed by atoms with E-state index in [1.54, 1.807) is 0 Å². The van der Waals surface area contributed by atoms with Crippen LogP contribution in [0.15, 0.2) is 6.07 Å². The smallest absolute Gasteiger partial charge is 0.397 e. The summed E-state index contributed by atoms with van der Waals surface area (Å²) in [7, 11) is 1.27. The lowest BCUT2D eigenvalue weighted by Gasteiger charge is -2.18. The Morgan fingerprint density at radius 1 is 1.56 bits per heavy atom. The zero-order valence-corrected chi connectivity index (χ0v) is 9.15. The maximum absolute atomic E-state index is 12.1. The molecule has 1 heterocycles. The van der Waals surface area contributed by atoms with Gasteiger partial charge >= 0.3 is 6.18 Å². The molecule has 90 valence electrons. The van der Waals surface area contributed by atoms with Crippen molar-refractivity contribution in [2.24, 2.45) is 5.73 Å². The van der Waals surface area contributed by atoms with Crippen molar-refractivity contribution in [2.75, 3.05) is 24.2 Å². The molecule has 0 atom stereocenters. The van der Waals surface area contributed by atoms with Crippen molar-refractivity contribution in [3.63, 3.8) is 0 Å². The van der Waals surface area contributed by atoms with E-state index in [0.29, 0.717) is 0 Å². The van der Waals surface area contributed by atoms with Crippen LogP contribution >= 0.6 is 11.3 Å². The Morgan fingerprint density at radius 2 is 2.12 bits per heavy atom. The number of rotatable bonds is 3. The van der Waals surface area contributed by atoms with Crippen molar-refractivity contribution in [3.8, 4) is 0 Å². The molecular formula is C8H10F3N3OS. The van der Waals surface area contributed by atoms with E-state index in [-0.39, 0.29) is 15.6 Å². The summed E-state index contributed by atoms with van der Waals surface area (Å²) in [6, 6.07) is 1.30. The van der Waals surface area contributed by atoms with Crippen molar-refractivity contribution < 1.29 is 18.0 Å². The van der Waals surface area contributed by atoms with Crippen LogP contribution in [0.3, 0.4) is 0 Å². The zero-order valence-electron chi connectivity index (χ0n) is 8.34. The van der Waals surface area contributed by atoms with Gasteiger partial charge in [-0.05, 0) is 6.07 Å². The molecule has 0 aliphatic carbocycles. The Morgan fingerprint density at radius 3 is 2.50 bits per heavy atom. The van der Waals surface area contributed by atoms with Crippen molar-refractivity contribution >= 4 is 27.9 Å². The highest BCUT2D eigenvalue weighted by molar-refractivity contribution is 7.18. The lowest BCUT2D eigenvalue weighted by Crippen LogP contribution is -2.30.